The number of nitrogens with zero attached hydrogens (tertiary/aromatic N) is 3. The van der Waals surface area contributed by atoms with Gasteiger partial charge in [0, 0.05) is 6.54 Å². The second-order valence-electron chi connectivity index (χ2n) is 6.72. The highest BCUT2D eigenvalue weighted by Gasteiger charge is 2.19. The number of phenols is 1. The number of hydrogen-bond acceptors (Lipinski definition) is 5. The van der Waals surface area contributed by atoms with E-state index in [1.807, 2.05) is 32.9 Å². The molecular weight excluding hydrogens is 306 g/mol. The number of rotatable bonds is 4. The normalized spacial score (nSPS) is 11.8. The van der Waals surface area contributed by atoms with E-state index < -0.39 is 0 Å². The Kier molecular flexibility index (Phi) is 4.01. The summed E-state index contributed by atoms with van der Waals surface area (Å²) in [7, 11) is 0. The molecule has 0 amide bonds. The maximum Gasteiger partial charge on any atom is 0.263 e. The summed E-state index contributed by atoms with van der Waals surface area (Å²) < 4.78 is 1.75. The largest absolute Gasteiger partial charge is 0.508 e. The van der Waals surface area contributed by atoms with Crippen molar-refractivity contribution in [2.45, 2.75) is 32.7 Å². The zero-order valence-corrected chi connectivity index (χ0v) is 14.0. The van der Waals surface area contributed by atoms with Crippen molar-refractivity contribution in [1.29, 1.82) is 0 Å². The van der Waals surface area contributed by atoms with Crippen LogP contribution in [0.25, 0.3) is 11.0 Å². The second-order valence-corrected chi connectivity index (χ2v) is 6.72. The lowest BCUT2D eigenvalue weighted by molar-refractivity contribution is 0.366. The first-order chi connectivity index (χ1) is 11.3. The Morgan fingerprint density at radius 3 is 2.62 bits per heavy atom. The maximum atomic E-state index is 12.2. The second kappa shape index (κ2) is 5.99. The van der Waals surface area contributed by atoms with Crippen molar-refractivity contribution in [3.63, 3.8) is 0 Å². The van der Waals surface area contributed by atoms with Crippen molar-refractivity contribution in [2.75, 3.05) is 11.9 Å². The summed E-state index contributed by atoms with van der Waals surface area (Å²) in [4.78, 5) is 19.4. The molecule has 2 heterocycles. The van der Waals surface area contributed by atoms with Crippen molar-refractivity contribution in [1.82, 2.24) is 19.7 Å². The molecule has 24 heavy (non-hydrogen) atoms. The van der Waals surface area contributed by atoms with Crippen LogP contribution in [0.5, 0.6) is 5.75 Å². The quantitative estimate of drug-likeness (QED) is 0.683. The van der Waals surface area contributed by atoms with Crippen LogP contribution in [0.15, 0.2) is 35.3 Å². The molecule has 2 aromatic heterocycles. The first kappa shape index (κ1) is 16.0. The fourth-order valence-electron chi connectivity index (χ4n) is 2.48. The SMILES string of the molecule is CC(C)(C)n1ncc2c(=O)[nH]c(NCCc3ccc(O)cc3)nc21. The molecule has 0 unspecified atom stereocenters. The van der Waals surface area contributed by atoms with Crippen LogP contribution in [0.3, 0.4) is 0 Å². The van der Waals surface area contributed by atoms with E-state index in [2.05, 4.69) is 20.4 Å². The summed E-state index contributed by atoms with van der Waals surface area (Å²) in [6, 6.07) is 7.04. The zero-order valence-electron chi connectivity index (χ0n) is 14.0. The molecule has 0 aliphatic heterocycles. The van der Waals surface area contributed by atoms with E-state index in [1.54, 1.807) is 23.0 Å². The van der Waals surface area contributed by atoms with Crippen LogP contribution in [0, 0.1) is 0 Å². The first-order valence-corrected chi connectivity index (χ1v) is 7.85. The van der Waals surface area contributed by atoms with Gasteiger partial charge in [-0.3, -0.25) is 9.78 Å². The van der Waals surface area contributed by atoms with Gasteiger partial charge >= 0.3 is 0 Å². The van der Waals surface area contributed by atoms with Crippen LogP contribution in [0.4, 0.5) is 5.95 Å². The molecule has 0 saturated carbocycles. The summed E-state index contributed by atoms with van der Waals surface area (Å²) >= 11 is 0. The predicted octanol–water partition coefficient (Wildman–Crippen LogP) is 2.23. The van der Waals surface area contributed by atoms with E-state index in [0.29, 0.717) is 23.5 Å². The zero-order chi connectivity index (χ0) is 17.3. The van der Waals surface area contributed by atoms with Crippen molar-refractivity contribution < 1.29 is 5.11 Å². The van der Waals surface area contributed by atoms with Gasteiger partial charge in [0.1, 0.15) is 11.1 Å². The summed E-state index contributed by atoms with van der Waals surface area (Å²) in [5, 5.41) is 17.2. The number of fused-ring (bicyclic) bond motifs is 1. The number of aromatic hydroxyl groups is 1. The Morgan fingerprint density at radius 1 is 1.25 bits per heavy atom. The average Bonchev–Trinajstić information content (AvgIpc) is 2.94. The fourth-order valence-corrected chi connectivity index (χ4v) is 2.48. The molecule has 3 N–H and O–H groups in total. The van der Waals surface area contributed by atoms with Gasteiger partial charge < -0.3 is 10.4 Å². The molecule has 0 aliphatic carbocycles. The van der Waals surface area contributed by atoms with Crippen molar-refractivity contribution in [3.8, 4) is 5.75 Å². The molecule has 0 aliphatic rings. The molecule has 7 heteroatoms. The number of anilines is 1. The topological polar surface area (TPSA) is 95.8 Å². The van der Waals surface area contributed by atoms with Crippen LogP contribution < -0.4 is 10.9 Å². The molecule has 1 aromatic carbocycles. The van der Waals surface area contributed by atoms with Gasteiger partial charge in [-0.25, -0.2) is 4.68 Å². The smallest absolute Gasteiger partial charge is 0.263 e. The van der Waals surface area contributed by atoms with Gasteiger partial charge in [-0.1, -0.05) is 12.1 Å². The van der Waals surface area contributed by atoms with Crippen LogP contribution in [0.1, 0.15) is 26.3 Å². The fraction of sp³-hybridized carbons (Fsp3) is 0.353. The molecule has 3 aromatic rings. The predicted molar refractivity (Wildman–Crippen MR) is 93.4 cm³/mol. The van der Waals surface area contributed by atoms with Crippen molar-refractivity contribution >= 4 is 17.0 Å². The number of aromatic nitrogens is 4. The van der Waals surface area contributed by atoms with E-state index in [9.17, 15) is 9.90 Å². The Hall–Kier alpha value is -2.83. The summed E-state index contributed by atoms with van der Waals surface area (Å²) in [5.41, 5.74) is 1.19. The van der Waals surface area contributed by atoms with Gasteiger partial charge in [-0.15, -0.1) is 0 Å². The molecule has 0 atom stereocenters. The monoisotopic (exact) mass is 327 g/mol. The molecule has 0 bridgehead atoms. The van der Waals surface area contributed by atoms with E-state index in [1.165, 1.54) is 0 Å². The molecule has 7 nitrogen and oxygen atoms in total. The van der Waals surface area contributed by atoms with Crippen LogP contribution in [-0.4, -0.2) is 31.4 Å². The van der Waals surface area contributed by atoms with Gasteiger partial charge in [-0.2, -0.15) is 10.1 Å². The Balaban J connectivity index is 1.79. The number of phenolic OH excluding ortho intramolecular Hbond substituents is 1. The van der Waals surface area contributed by atoms with Gasteiger partial charge in [0.05, 0.1) is 11.7 Å². The number of nitrogens with one attached hydrogen (secondary N) is 2. The Morgan fingerprint density at radius 2 is 1.96 bits per heavy atom. The molecule has 0 fully saturated rings. The lowest BCUT2D eigenvalue weighted by Gasteiger charge is -2.19. The minimum absolute atomic E-state index is 0.206. The Labute approximate surface area is 139 Å². The summed E-state index contributed by atoms with van der Waals surface area (Å²) in [6.07, 6.45) is 2.30. The standard InChI is InChI=1S/C17H21N5O2/c1-17(2,3)22-14-13(10-19-22)15(24)21-16(20-14)18-9-8-11-4-6-12(23)7-5-11/h4-7,10,23H,8-9H2,1-3H3,(H2,18,20,21,24). The third-order valence-electron chi connectivity index (χ3n) is 3.72. The lowest BCUT2D eigenvalue weighted by Crippen LogP contribution is -2.24. The lowest BCUT2D eigenvalue weighted by atomic mass is 10.1. The highest BCUT2D eigenvalue weighted by atomic mass is 16.3. The maximum absolute atomic E-state index is 12.2. The molecule has 3 rings (SSSR count). The van der Waals surface area contributed by atoms with Crippen molar-refractivity contribution in [3.05, 3.63) is 46.4 Å². The number of aromatic amines is 1. The highest BCUT2D eigenvalue weighted by molar-refractivity contribution is 5.74. The molecule has 0 spiro atoms. The minimum atomic E-state index is -0.258. The van der Waals surface area contributed by atoms with Crippen LogP contribution in [0.2, 0.25) is 0 Å². The van der Waals surface area contributed by atoms with E-state index in [0.717, 1.165) is 12.0 Å². The third-order valence-corrected chi connectivity index (χ3v) is 3.72. The first-order valence-electron chi connectivity index (χ1n) is 7.85. The van der Waals surface area contributed by atoms with E-state index >= 15 is 0 Å². The highest BCUT2D eigenvalue weighted by Crippen LogP contribution is 2.18. The number of benzene rings is 1. The van der Waals surface area contributed by atoms with Gasteiger partial charge in [0.25, 0.3) is 5.56 Å². The number of hydrogen-bond donors (Lipinski definition) is 3. The molecule has 0 radical (unpaired) electrons. The van der Waals surface area contributed by atoms with Crippen LogP contribution in [-0.2, 0) is 12.0 Å². The van der Waals surface area contributed by atoms with Crippen LogP contribution >= 0.6 is 0 Å². The third kappa shape index (κ3) is 3.24. The molecule has 0 saturated heterocycles. The van der Waals surface area contributed by atoms with Gasteiger partial charge in [0.15, 0.2) is 5.65 Å². The van der Waals surface area contributed by atoms with Gasteiger partial charge in [-0.05, 0) is 44.9 Å². The summed E-state index contributed by atoms with van der Waals surface area (Å²) in [6.45, 7) is 6.66. The molecular formula is C17H21N5O2. The number of H-pyrrole nitrogens is 1. The minimum Gasteiger partial charge on any atom is -0.508 e. The van der Waals surface area contributed by atoms with Crippen molar-refractivity contribution in [2.24, 2.45) is 0 Å². The molecule has 126 valence electrons. The van der Waals surface area contributed by atoms with Gasteiger partial charge in [0.2, 0.25) is 5.95 Å². The van der Waals surface area contributed by atoms with E-state index in [-0.39, 0.29) is 16.8 Å². The average molecular weight is 327 g/mol. The Bertz CT molecular complexity index is 903. The summed E-state index contributed by atoms with van der Waals surface area (Å²) in [5.74, 6) is 0.677. The van der Waals surface area contributed by atoms with E-state index in [4.69, 9.17) is 0 Å².